The maximum Gasteiger partial charge on any atom is 2.00 e. The van der Waals surface area contributed by atoms with Crippen molar-refractivity contribution in [2.24, 2.45) is 0 Å². The van der Waals surface area contributed by atoms with Crippen molar-refractivity contribution in [1.29, 1.82) is 0 Å². The van der Waals surface area contributed by atoms with E-state index in [1.54, 1.807) is 0 Å². The van der Waals surface area contributed by atoms with Crippen molar-refractivity contribution in [3.8, 4) is 0 Å². The Balaban J connectivity index is -0.000000244. The van der Waals surface area contributed by atoms with Crippen LogP contribution >= 0.6 is 12.6 Å². The first kappa shape index (κ1) is 61.5. The zero-order valence-corrected chi connectivity index (χ0v) is 44.8. The molecular weight excluding hydrogens is 1080 g/mol. The van der Waals surface area contributed by atoms with Crippen LogP contribution < -0.4 is 40.9 Å². The Morgan fingerprint density at radius 2 is 0.554 bits per heavy atom. The SMILES string of the molecule is O=C([O-])c1c([S-])c(C(=O)[O-])c(C(=O)O)c(C(=O)[O-])c1C(=O)[O-].O=C([O-])c1c([S-])c(C(=O)[O-])c(C(=O)O)c(C(=O)[O-])c1C(=O)[O-].Sc1ccccc1.[Zn+2].[Zn+2].[Zn+2].[Zn+2].[Zn+2]. The van der Waals surface area contributed by atoms with Gasteiger partial charge in [0.15, 0.2) is 0 Å². The van der Waals surface area contributed by atoms with Crippen LogP contribution in [0.1, 0.15) is 104 Å². The fourth-order valence-corrected chi connectivity index (χ4v) is 4.82. The zero-order chi connectivity index (χ0) is 39.8. The monoisotopic (exact) mass is 1080 g/mol. The molecule has 3 aromatic carbocycles. The van der Waals surface area contributed by atoms with E-state index in [1.165, 1.54) is 0 Å². The Morgan fingerprint density at radius 3 is 0.696 bits per heavy atom. The summed E-state index contributed by atoms with van der Waals surface area (Å²) in [5, 5.41) is 105. The second-order valence-electron chi connectivity index (χ2n) is 8.65. The van der Waals surface area contributed by atoms with Gasteiger partial charge in [-0.05, 0) is 34.4 Å². The van der Waals surface area contributed by atoms with Crippen LogP contribution in [-0.2, 0) is 123 Å². The van der Waals surface area contributed by atoms with E-state index in [9.17, 15) is 88.8 Å². The van der Waals surface area contributed by atoms with Crippen molar-refractivity contribution in [1.82, 2.24) is 0 Å². The molecular formula is C28H8O20S3Zn5. The van der Waals surface area contributed by atoms with Crippen LogP contribution in [0.25, 0.3) is 0 Å². The molecule has 0 heterocycles. The minimum atomic E-state index is -2.46. The van der Waals surface area contributed by atoms with Crippen molar-refractivity contribution in [2.45, 2.75) is 14.7 Å². The standard InChI is InChI=1S/2C11H6O10S.C6H6S.5Zn/c2*12-7(13)1-2(8(14)15)4(10(18)19)6(22)5(11(20)21)3(1)9(16)17;7-6-4-2-1-3-5-6;;;;;/h2*22H,(H,12,13)(H,14,15)(H,16,17)(H,18,19)(H,20,21);1-5,7H;;;;;/q;;;5*+2/p-10. The van der Waals surface area contributed by atoms with E-state index in [0.29, 0.717) is 0 Å². The summed E-state index contributed by atoms with van der Waals surface area (Å²) in [6.07, 6.45) is 0. The van der Waals surface area contributed by atoms with Crippen LogP contribution in [0.15, 0.2) is 45.0 Å². The van der Waals surface area contributed by atoms with Gasteiger partial charge in [0.2, 0.25) is 0 Å². The maximum atomic E-state index is 11.1. The predicted molar refractivity (Wildman–Crippen MR) is 146 cm³/mol. The van der Waals surface area contributed by atoms with E-state index in [4.69, 9.17) is 10.2 Å². The molecule has 0 amide bonds. The molecule has 56 heavy (non-hydrogen) atoms. The summed E-state index contributed by atoms with van der Waals surface area (Å²) in [6, 6.07) is 9.79. The summed E-state index contributed by atoms with van der Waals surface area (Å²) in [5.41, 5.74) is -16.0. The Labute approximate surface area is 391 Å². The van der Waals surface area contributed by atoms with E-state index in [0.717, 1.165) is 4.90 Å². The minimum absolute atomic E-state index is 0. The van der Waals surface area contributed by atoms with Crippen LogP contribution in [0.3, 0.4) is 0 Å². The largest absolute Gasteiger partial charge is 2.00 e. The zero-order valence-electron chi connectivity index (χ0n) is 27.4. The summed E-state index contributed by atoms with van der Waals surface area (Å²) in [7, 11) is 0. The van der Waals surface area contributed by atoms with E-state index < -0.39 is 125 Å². The third kappa shape index (κ3) is 14.3. The molecule has 28 heteroatoms. The van der Waals surface area contributed by atoms with Gasteiger partial charge in [-0.3, -0.25) is 0 Å². The van der Waals surface area contributed by atoms with Crippen molar-refractivity contribution in [3.05, 3.63) is 86.0 Å². The number of aromatic carboxylic acids is 10. The third-order valence-corrected chi connectivity index (χ3v) is 6.84. The predicted octanol–water partition coefficient (Wildman–Crippen LogP) is -8.55. The Kier molecular flexibility index (Phi) is 28.8. The number of rotatable bonds is 10. The van der Waals surface area contributed by atoms with Gasteiger partial charge in [0.1, 0.15) is 0 Å². The minimum Gasteiger partial charge on any atom is -0.778 e. The maximum absolute atomic E-state index is 11.1. The molecule has 3 rings (SSSR count). The van der Waals surface area contributed by atoms with Gasteiger partial charge in [-0.2, -0.15) is 9.79 Å². The van der Waals surface area contributed by atoms with Gasteiger partial charge >= 0.3 is 109 Å². The van der Waals surface area contributed by atoms with E-state index >= 15 is 0 Å². The molecule has 0 fully saturated rings. The molecule has 0 spiro atoms. The van der Waals surface area contributed by atoms with Crippen LogP contribution in [0.2, 0.25) is 0 Å². The number of carboxylic acids is 10. The molecule has 268 valence electrons. The van der Waals surface area contributed by atoms with Crippen LogP contribution in [0.4, 0.5) is 0 Å². The summed E-state index contributed by atoms with van der Waals surface area (Å²) in [5.74, 6) is -23.5. The summed E-state index contributed by atoms with van der Waals surface area (Å²) >= 11 is 12.9. The topological polar surface area (TPSA) is 396 Å². The van der Waals surface area contributed by atoms with Crippen LogP contribution in [0.5, 0.6) is 0 Å². The van der Waals surface area contributed by atoms with Crippen molar-refractivity contribution in [2.75, 3.05) is 0 Å². The molecule has 0 saturated carbocycles. The fourth-order valence-electron chi connectivity index (χ4n) is 3.91. The van der Waals surface area contributed by atoms with Gasteiger partial charge in [-0.1, -0.05) is 18.2 Å². The number of carbonyl (C=O) groups excluding carboxylic acids is 8. The van der Waals surface area contributed by atoms with E-state index in [1.807, 2.05) is 30.3 Å². The van der Waals surface area contributed by atoms with Crippen molar-refractivity contribution in [3.63, 3.8) is 0 Å². The van der Waals surface area contributed by atoms with Gasteiger partial charge in [0, 0.05) is 27.1 Å². The van der Waals surface area contributed by atoms with Crippen LogP contribution in [0, 0.1) is 0 Å². The second kappa shape index (κ2) is 26.2. The van der Waals surface area contributed by atoms with E-state index in [2.05, 4.69) is 37.9 Å². The molecule has 0 atom stereocenters. The van der Waals surface area contributed by atoms with Gasteiger partial charge in [-0.25, -0.2) is 9.59 Å². The summed E-state index contributed by atoms with van der Waals surface area (Å²) in [4.78, 5) is 108. The number of hydrogen-bond acceptors (Lipinski definition) is 21. The number of hydrogen-bond donors (Lipinski definition) is 3. The normalized spacial score (nSPS) is 8.95. The second-order valence-corrected chi connectivity index (χ2v) is 9.99. The van der Waals surface area contributed by atoms with E-state index in [-0.39, 0.29) is 97.4 Å². The van der Waals surface area contributed by atoms with Gasteiger partial charge < -0.3 is 115 Å². The number of benzene rings is 3. The molecule has 2 N–H and O–H groups in total. The molecule has 0 aliphatic rings. The Hall–Kier alpha value is -3.73. The fraction of sp³-hybridized carbons (Fsp3) is 0. The molecule has 20 nitrogen and oxygen atoms in total. The summed E-state index contributed by atoms with van der Waals surface area (Å²) < 4.78 is 0. The quantitative estimate of drug-likeness (QED) is 0.0964. The molecule has 0 aliphatic carbocycles. The first-order chi connectivity index (χ1) is 23.4. The third-order valence-electron chi connectivity index (χ3n) is 5.73. The number of thiol groups is 1. The molecule has 0 radical (unpaired) electrons. The average Bonchev–Trinajstić information content (AvgIpc) is 2.99. The molecule has 0 bridgehead atoms. The average molecular weight is 1090 g/mol. The number of carboxylic acid groups (broad SMARTS) is 10. The molecule has 3 aromatic rings. The van der Waals surface area contributed by atoms with Crippen LogP contribution in [-0.4, -0.2) is 69.9 Å². The molecule has 0 aromatic heterocycles. The van der Waals surface area contributed by atoms with Gasteiger partial charge in [0.25, 0.3) is 0 Å². The first-order valence-electron chi connectivity index (χ1n) is 12.2. The Morgan fingerprint density at radius 1 is 0.375 bits per heavy atom. The smallest absolute Gasteiger partial charge is 0.778 e. The van der Waals surface area contributed by atoms with Crippen molar-refractivity contribution < 1.29 is 196 Å². The Bertz CT molecular complexity index is 1840. The molecule has 0 aliphatic heterocycles. The van der Waals surface area contributed by atoms with Crippen molar-refractivity contribution >= 4 is 97.6 Å². The van der Waals surface area contributed by atoms with Gasteiger partial charge in [0.05, 0.1) is 58.9 Å². The number of carbonyl (C=O) groups is 10. The molecule has 0 unspecified atom stereocenters. The summed E-state index contributed by atoms with van der Waals surface area (Å²) in [6.45, 7) is 0. The van der Waals surface area contributed by atoms with Gasteiger partial charge in [-0.15, -0.1) is 12.6 Å². The molecule has 0 saturated heterocycles. The first-order valence-corrected chi connectivity index (χ1v) is 13.4.